The minimum Gasteiger partial charge on any atom is -0.468 e. The number of hydrogen-bond donors (Lipinski definition) is 1. The second-order valence-electron chi connectivity index (χ2n) is 6.93. The van der Waals surface area contributed by atoms with Crippen LogP contribution in [0.1, 0.15) is 22.3 Å². The zero-order chi connectivity index (χ0) is 20.2. The number of halogens is 1. The SMILES string of the molecule is Cn1nc(-c2ccc(F)cc2)cc1C(=O)NCC(c1ccco1)N1CCOCC1. The van der Waals surface area contributed by atoms with Crippen LogP contribution in [-0.4, -0.2) is 53.4 Å². The third-order valence-corrected chi connectivity index (χ3v) is 5.07. The van der Waals surface area contributed by atoms with E-state index >= 15 is 0 Å². The Labute approximate surface area is 168 Å². The summed E-state index contributed by atoms with van der Waals surface area (Å²) in [5.74, 6) is 0.275. The fraction of sp³-hybridized carbons (Fsp3) is 0.333. The summed E-state index contributed by atoms with van der Waals surface area (Å²) in [5, 5.41) is 7.38. The first kappa shape index (κ1) is 19.4. The summed E-state index contributed by atoms with van der Waals surface area (Å²) in [6, 6.07) is 11.4. The fourth-order valence-corrected chi connectivity index (χ4v) is 3.50. The summed E-state index contributed by atoms with van der Waals surface area (Å²) in [6.45, 7) is 3.29. The van der Waals surface area contributed by atoms with Crippen molar-refractivity contribution in [2.75, 3.05) is 32.8 Å². The van der Waals surface area contributed by atoms with Crippen molar-refractivity contribution in [1.29, 1.82) is 0 Å². The molecule has 7 nitrogen and oxygen atoms in total. The average Bonchev–Trinajstić information content (AvgIpc) is 3.40. The molecule has 1 aliphatic rings. The molecule has 0 saturated carbocycles. The molecule has 1 saturated heterocycles. The molecule has 1 atom stereocenters. The van der Waals surface area contributed by atoms with Crippen LogP contribution in [0.4, 0.5) is 4.39 Å². The number of nitrogens with zero attached hydrogens (tertiary/aromatic N) is 3. The van der Waals surface area contributed by atoms with Crippen LogP contribution in [0.3, 0.4) is 0 Å². The van der Waals surface area contributed by atoms with Crippen molar-refractivity contribution in [3.63, 3.8) is 0 Å². The van der Waals surface area contributed by atoms with E-state index in [4.69, 9.17) is 9.15 Å². The molecule has 3 aromatic rings. The van der Waals surface area contributed by atoms with Crippen molar-refractivity contribution in [2.24, 2.45) is 7.05 Å². The normalized spacial score (nSPS) is 15.9. The van der Waals surface area contributed by atoms with E-state index < -0.39 is 0 Å². The van der Waals surface area contributed by atoms with Crippen molar-refractivity contribution >= 4 is 5.91 Å². The van der Waals surface area contributed by atoms with Gasteiger partial charge in [-0.1, -0.05) is 0 Å². The van der Waals surface area contributed by atoms with Gasteiger partial charge in [0.2, 0.25) is 0 Å². The maximum atomic E-state index is 13.2. The number of morpholine rings is 1. The Morgan fingerprint density at radius 2 is 2.00 bits per heavy atom. The van der Waals surface area contributed by atoms with Crippen molar-refractivity contribution in [2.45, 2.75) is 6.04 Å². The third kappa shape index (κ3) is 4.38. The maximum Gasteiger partial charge on any atom is 0.269 e. The van der Waals surface area contributed by atoms with Gasteiger partial charge in [0.1, 0.15) is 17.3 Å². The van der Waals surface area contributed by atoms with Crippen molar-refractivity contribution in [3.05, 3.63) is 66.0 Å². The largest absolute Gasteiger partial charge is 0.468 e. The number of nitrogens with one attached hydrogen (secondary N) is 1. The van der Waals surface area contributed by atoms with Crippen LogP contribution in [0.5, 0.6) is 0 Å². The number of aromatic nitrogens is 2. The van der Waals surface area contributed by atoms with Crippen LogP contribution in [0, 0.1) is 5.82 Å². The Balaban J connectivity index is 1.47. The van der Waals surface area contributed by atoms with E-state index in [0.717, 1.165) is 24.4 Å². The lowest BCUT2D eigenvalue weighted by atomic mass is 10.1. The van der Waals surface area contributed by atoms with Gasteiger partial charge in [0, 0.05) is 32.2 Å². The van der Waals surface area contributed by atoms with Gasteiger partial charge >= 0.3 is 0 Å². The quantitative estimate of drug-likeness (QED) is 0.691. The van der Waals surface area contributed by atoms with E-state index in [1.54, 1.807) is 31.5 Å². The first-order valence-corrected chi connectivity index (χ1v) is 9.55. The molecule has 0 radical (unpaired) electrons. The second kappa shape index (κ2) is 8.59. The Morgan fingerprint density at radius 1 is 1.24 bits per heavy atom. The summed E-state index contributed by atoms with van der Waals surface area (Å²) >= 11 is 0. The van der Waals surface area contributed by atoms with Gasteiger partial charge in [-0.2, -0.15) is 5.10 Å². The Morgan fingerprint density at radius 3 is 2.69 bits per heavy atom. The second-order valence-corrected chi connectivity index (χ2v) is 6.93. The summed E-state index contributed by atoms with van der Waals surface area (Å²) in [5.41, 5.74) is 1.81. The van der Waals surface area contributed by atoms with Crippen molar-refractivity contribution in [3.8, 4) is 11.3 Å². The van der Waals surface area contributed by atoms with Crippen LogP contribution >= 0.6 is 0 Å². The molecule has 0 aliphatic carbocycles. The standard InChI is InChI=1S/C21H23FN4O3/c1-25-18(13-17(24-25)15-4-6-16(22)7-5-15)21(27)23-14-19(20-3-2-10-29-20)26-8-11-28-12-9-26/h2-7,10,13,19H,8-9,11-12,14H2,1H3,(H,23,27). The number of carbonyl (C=O) groups is 1. The van der Waals surface area contributed by atoms with Gasteiger partial charge in [-0.05, 0) is 42.5 Å². The fourth-order valence-electron chi connectivity index (χ4n) is 3.50. The molecular weight excluding hydrogens is 375 g/mol. The lowest BCUT2D eigenvalue weighted by Crippen LogP contribution is -2.43. The highest BCUT2D eigenvalue weighted by Gasteiger charge is 2.26. The molecule has 1 N–H and O–H groups in total. The molecule has 0 bridgehead atoms. The summed E-state index contributed by atoms with van der Waals surface area (Å²) in [4.78, 5) is 15.1. The molecule has 29 heavy (non-hydrogen) atoms. The molecule has 1 fully saturated rings. The summed E-state index contributed by atoms with van der Waals surface area (Å²) in [7, 11) is 1.72. The first-order chi connectivity index (χ1) is 14.1. The number of carbonyl (C=O) groups excluding carboxylic acids is 1. The van der Waals surface area contributed by atoms with Gasteiger partial charge < -0.3 is 14.5 Å². The average molecular weight is 398 g/mol. The summed E-state index contributed by atoms with van der Waals surface area (Å²) < 4.78 is 25.7. The Hall–Kier alpha value is -2.97. The van der Waals surface area contributed by atoms with Crippen molar-refractivity contribution in [1.82, 2.24) is 20.0 Å². The van der Waals surface area contributed by atoms with E-state index in [1.165, 1.54) is 16.8 Å². The molecular formula is C21H23FN4O3. The molecule has 152 valence electrons. The van der Waals surface area contributed by atoms with E-state index in [2.05, 4.69) is 15.3 Å². The Kier molecular flexibility index (Phi) is 5.73. The van der Waals surface area contributed by atoms with E-state index in [-0.39, 0.29) is 17.8 Å². The minimum absolute atomic E-state index is 0.0670. The monoisotopic (exact) mass is 398 g/mol. The predicted octanol–water partition coefficient (Wildman–Crippen LogP) is 2.62. The van der Waals surface area contributed by atoms with Gasteiger partial charge in [-0.15, -0.1) is 0 Å². The lowest BCUT2D eigenvalue weighted by molar-refractivity contribution is 0.0118. The van der Waals surface area contributed by atoms with Crippen molar-refractivity contribution < 1.29 is 18.3 Å². The smallest absolute Gasteiger partial charge is 0.269 e. The van der Waals surface area contributed by atoms with Crippen LogP contribution in [-0.2, 0) is 11.8 Å². The van der Waals surface area contributed by atoms with Gasteiger partial charge in [-0.3, -0.25) is 14.4 Å². The number of rotatable bonds is 6. The van der Waals surface area contributed by atoms with Crippen LogP contribution in [0.15, 0.2) is 53.1 Å². The van der Waals surface area contributed by atoms with E-state index in [0.29, 0.717) is 31.1 Å². The van der Waals surface area contributed by atoms with Gasteiger partial charge in [-0.25, -0.2) is 4.39 Å². The number of amides is 1. The van der Waals surface area contributed by atoms with Crippen LogP contribution in [0.25, 0.3) is 11.3 Å². The molecule has 4 rings (SSSR count). The zero-order valence-electron chi connectivity index (χ0n) is 16.2. The maximum absolute atomic E-state index is 13.2. The topological polar surface area (TPSA) is 72.5 Å². The highest BCUT2D eigenvalue weighted by Crippen LogP contribution is 2.23. The molecule has 1 unspecified atom stereocenters. The van der Waals surface area contributed by atoms with Crippen LogP contribution in [0.2, 0.25) is 0 Å². The lowest BCUT2D eigenvalue weighted by Gasteiger charge is -2.33. The summed E-state index contributed by atoms with van der Waals surface area (Å²) in [6.07, 6.45) is 1.64. The zero-order valence-corrected chi connectivity index (χ0v) is 16.2. The van der Waals surface area contributed by atoms with Gasteiger partial charge in [0.25, 0.3) is 5.91 Å². The first-order valence-electron chi connectivity index (χ1n) is 9.55. The molecule has 2 aromatic heterocycles. The highest BCUT2D eigenvalue weighted by atomic mass is 19.1. The van der Waals surface area contributed by atoms with Gasteiger partial charge in [0.05, 0.1) is 31.2 Å². The molecule has 0 spiro atoms. The molecule has 3 heterocycles. The number of hydrogen-bond acceptors (Lipinski definition) is 5. The Bertz CT molecular complexity index is 947. The predicted molar refractivity (Wildman–Crippen MR) is 105 cm³/mol. The van der Waals surface area contributed by atoms with E-state index in [1.807, 2.05) is 12.1 Å². The van der Waals surface area contributed by atoms with E-state index in [9.17, 15) is 9.18 Å². The van der Waals surface area contributed by atoms with Gasteiger partial charge in [0.15, 0.2) is 0 Å². The third-order valence-electron chi connectivity index (χ3n) is 5.07. The number of benzene rings is 1. The highest BCUT2D eigenvalue weighted by molar-refractivity contribution is 5.93. The molecule has 1 aromatic carbocycles. The van der Waals surface area contributed by atoms with Crippen LogP contribution < -0.4 is 5.32 Å². The molecule has 1 amide bonds. The molecule has 1 aliphatic heterocycles. The number of furan rings is 1. The number of ether oxygens (including phenoxy) is 1. The number of aryl methyl sites for hydroxylation is 1. The molecule has 8 heteroatoms. The minimum atomic E-state index is -0.310.